The van der Waals surface area contributed by atoms with Crippen molar-refractivity contribution in [2.24, 2.45) is 5.92 Å². The third-order valence-corrected chi connectivity index (χ3v) is 9.44. The number of hydrogen-bond donors (Lipinski definition) is 1. The summed E-state index contributed by atoms with van der Waals surface area (Å²) in [4.78, 5) is 32.7. The largest absolute Gasteiger partial charge is 0.445 e. The number of ether oxygens (including phenoxy) is 1. The molecule has 1 saturated carbocycles. The van der Waals surface area contributed by atoms with E-state index in [1.165, 1.54) is 5.56 Å². The van der Waals surface area contributed by atoms with Crippen LogP contribution in [0.25, 0.3) is 0 Å². The second-order valence-electron chi connectivity index (χ2n) is 12.4. The maximum Gasteiger partial charge on any atom is 0.410 e. The molecule has 0 spiro atoms. The smallest absolute Gasteiger partial charge is 0.410 e. The van der Waals surface area contributed by atoms with Crippen LogP contribution in [0.1, 0.15) is 61.6 Å². The van der Waals surface area contributed by atoms with Crippen LogP contribution < -0.4 is 5.32 Å². The number of piperidine rings is 1. The van der Waals surface area contributed by atoms with Gasteiger partial charge in [-0.05, 0) is 60.6 Å². The normalized spacial score (nSPS) is 20.6. The average molecular weight is 597 g/mol. The lowest BCUT2D eigenvalue weighted by Crippen LogP contribution is -2.51. The lowest BCUT2D eigenvalue weighted by Gasteiger charge is -2.39. The van der Waals surface area contributed by atoms with Crippen molar-refractivity contribution in [2.75, 3.05) is 33.2 Å². The molecule has 2 fully saturated rings. The maximum absolute atomic E-state index is 13.2. The van der Waals surface area contributed by atoms with Crippen molar-refractivity contribution in [3.8, 4) is 0 Å². The van der Waals surface area contributed by atoms with Crippen molar-refractivity contribution in [3.05, 3.63) is 108 Å². The molecule has 7 heteroatoms. The summed E-state index contributed by atoms with van der Waals surface area (Å²) in [7, 11) is 1.89. The number of carbonyl (C=O) groups is 2. The maximum atomic E-state index is 13.2. The van der Waals surface area contributed by atoms with Gasteiger partial charge in [0, 0.05) is 51.9 Å². The summed E-state index contributed by atoms with van der Waals surface area (Å²) in [6.07, 6.45) is 4.55. The molecule has 3 aromatic rings. The number of nitrogens with one attached hydrogen (secondary N) is 1. The average Bonchev–Trinajstić information content (AvgIpc) is 3.50. The number of hydrogen-bond acceptors (Lipinski definition) is 4. The van der Waals surface area contributed by atoms with Crippen LogP contribution in [0.2, 0.25) is 0 Å². The summed E-state index contributed by atoms with van der Waals surface area (Å²) >= 11 is 0. The van der Waals surface area contributed by atoms with Gasteiger partial charge in [-0.15, -0.1) is 0 Å². The highest BCUT2D eigenvalue weighted by atomic mass is 16.6. The first-order valence-corrected chi connectivity index (χ1v) is 16.3. The predicted molar refractivity (Wildman–Crippen MR) is 175 cm³/mol. The lowest BCUT2D eigenvalue weighted by molar-refractivity contribution is 0.0891. The van der Waals surface area contributed by atoms with E-state index in [0.29, 0.717) is 18.4 Å². The molecule has 1 heterocycles. The fourth-order valence-electron chi connectivity index (χ4n) is 7.00. The molecule has 1 N–H and O–H groups in total. The standard InChI is InChI=1S/C37H48N4O3/c1-3-21-41(36(42)38-26-29-13-7-4-8-14-29)33-19-22-40(23-20-33)27-32-24-34(25-35(32)31-17-11-6-12-18-31)39(2)37(43)44-28-30-15-9-5-10-16-30/h4-18,32-35H,3,19-28H2,1-2H3,(H,38,42). The van der Waals surface area contributed by atoms with Gasteiger partial charge in [-0.25, -0.2) is 9.59 Å². The summed E-state index contributed by atoms with van der Waals surface area (Å²) in [6.45, 7) is 6.72. The highest BCUT2D eigenvalue weighted by molar-refractivity contribution is 5.74. The molecule has 3 atom stereocenters. The molecule has 0 aromatic heterocycles. The molecular weight excluding hydrogens is 548 g/mol. The van der Waals surface area contributed by atoms with E-state index in [9.17, 15) is 9.59 Å². The van der Waals surface area contributed by atoms with Gasteiger partial charge in [-0.2, -0.15) is 0 Å². The van der Waals surface area contributed by atoms with Gasteiger partial charge in [0.2, 0.25) is 0 Å². The fraction of sp³-hybridized carbons (Fsp3) is 0.459. The van der Waals surface area contributed by atoms with Crippen LogP contribution in [-0.2, 0) is 17.9 Å². The molecule has 3 aromatic carbocycles. The van der Waals surface area contributed by atoms with Crippen LogP contribution >= 0.6 is 0 Å². The zero-order valence-electron chi connectivity index (χ0n) is 26.3. The fourth-order valence-corrected chi connectivity index (χ4v) is 7.00. The number of urea groups is 1. The third-order valence-electron chi connectivity index (χ3n) is 9.44. The van der Waals surface area contributed by atoms with Gasteiger partial charge in [0.25, 0.3) is 0 Å². The Balaban J connectivity index is 1.16. The highest BCUT2D eigenvalue weighted by Gasteiger charge is 2.40. The van der Waals surface area contributed by atoms with Gasteiger partial charge >= 0.3 is 12.1 Å². The van der Waals surface area contributed by atoms with E-state index in [-0.39, 0.29) is 30.8 Å². The third kappa shape index (κ3) is 8.41. The number of rotatable bonds is 11. The molecule has 44 heavy (non-hydrogen) atoms. The molecule has 1 saturated heterocycles. The number of likely N-dealkylation sites (tertiary alicyclic amines) is 1. The summed E-state index contributed by atoms with van der Waals surface area (Å²) < 4.78 is 5.68. The van der Waals surface area contributed by atoms with E-state index in [4.69, 9.17) is 4.74 Å². The van der Waals surface area contributed by atoms with Crippen LogP contribution in [0, 0.1) is 5.92 Å². The van der Waals surface area contributed by atoms with Crippen molar-refractivity contribution < 1.29 is 14.3 Å². The first kappa shape index (κ1) is 31.6. The molecule has 1 aliphatic carbocycles. The first-order chi connectivity index (χ1) is 21.5. The summed E-state index contributed by atoms with van der Waals surface area (Å²) in [5.41, 5.74) is 3.46. The topological polar surface area (TPSA) is 65.1 Å². The van der Waals surface area contributed by atoms with Gasteiger partial charge in [0.05, 0.1) is 0 Å². The Kier molecular flexibility index (Phi) is 11.3. The van der Waals surface area contributed by atoms with Crippen LogP contribution in [0.3, 0.4) is 0 Å². The minimum Gasteiger partial charge on any atom is -0.445 e. The molecule has 0 radical (unpaired) electrons. The van der Waals surface area contributed by atoms with Gasteiger partial charge in [0.1, 0.15) is 6.61 Å². The molecule has 1 aliphatic heterocycles. The second-order valence-corrected chi connectivity index (χ2v) is 12.4. The van der Waals surface area contributed by atoms with E-state index >= 15 is 0 Å². The molecule has 3 amide bonds. The summed E-state index contributed by atoms with van der Waals surface area (Å²) in [6, 6.07) is 31.2. The summed E-state index contributed by atoms with van der Waals surface area (Å²) in [5, 5.41) is 3.15. The van der Waals surface area contributed by atoms with E-state index in [2.05, 4.69) is 52.4 Å². The van der Waals surface area contributed by atoms with Crippen molar-refractivity contribution in [3.63, 3.8) is 0 Å². The molecule has 0 bridgehead atoms. The van der Waals surface area contributed by atoms with Crippen molar-refractivity contribution >= 4 is 12.1 Å². The Bertz CT molecular complexity index is 1300. The van der Waals surface area contributed by atoms with Gasteiger partial charge < -0.3 is 24.8 Å². The van der Waals surface area contributed by atoms with Crippen LogP contribution in [-0.4, -0.2) is 72.1 Å². The van der Waals surface area contributed by atoms with Crippen molar-refractivity contribution in [1.82, 2.24) is 20.0 Å². The van der Waals surface area contributed by atoms with Gasteiger partial charge in [-0.1, -0.05) is 97.9 Å². The zero-order valence-corrected chi connectivity index (χ0v) is 26.3. The van der Waals surface area contributed by atoms with Crippen LogP contribution in [0.5, 0.6) is 0 Å². The Morgan fingerprint density at radius 3 is 2.09 bits per heavy atom. The van der Waals surface area contributed by atoms with E-state index in [0.717, 1.165) is 69.4 Å². The molecule has 2 aliphatic rings. The molecular formula is C37H48N4O3. The monoisotopic (exact) mass is 596 g/mol. The van der Waals surface area contributed by atoms with E-state index in [1.54, 1.807) is 0 Å². The van der Waals surface area contributed by atoms with E-state index < -0.39 is 0 Å². The molecule has 3 unspecified atom stereocenters. The van der Waals surface area contributed by atoms with Gasteiger partial charge in [-0.3, -0.25) is 0 Å². The number of amides is 3. The Morgan fingerprint density at radius 2 is 1.45 bits per heavy atom. The minimum atomic E-state index is -0.256. The van der Waals surface area contributed by atoms with Gasteiger partial charge in [0.15, 0.2) is 0 Å². The highest BCUT2D eigenvalue weighted by Crippen LogP contribution is 2.42. The van der Waals surface area contributed by atoms with E-state index in [1.807, 2.05) is 72.6 Å². The Hall–Kier alpha value is -3.84. The quantitative estimate of drug-likeness (QED) is 0.262. The lowest BCUT2D eigenvalue weighted by atomic mass is 9.88. The minimum absolute atomic E-state index is 0.0408. The first-order valence-electron chi connectivity index (χ1n) is 16.3. The molecule has 234 valence electrons. The SMILES string of the molecule is CCCN(C(=O)NCc1ccccc1)C1CCN(CC2CC(N(C)C(=O)OCc3ccccc3)CC2c2ccccc2)CC1. The second kappa shape index (κ2) is 15.8. The summed E-state index contributed by atoms with van der Waals surface area (Å²) in [5.74, 6) is 0.841. The molecule has 7 nitrogen and oxygen atoms in total. The number of benzene rings is 3. The van der Waals surface area contributed by atoms with Crippen LogP contribution in [0.15, 0.2) is 91.0 Å². The predicted octanol–water partition coefficient (Wildman–Crippen LogP) is 6.90. The number of nitrogens with zero attached hydrogens (tertiary/aromatic N) is 3. The Labute approximate surface area is 263 Å². The zero-order chi connectivity index (χ0) is 30.7. The van der Waals surface area contributed by atoms with Crippen LogP contribution in [0.4, 0.5) is 9.59 Å². The van der Waals surface area contributed by atoms with Crippen molar-refractivity contribution in [2.45, 2.75) is 70.2 Å². The number of carbonyl (C=O) groups excluding carboxylic acids is 2. The van der Waals surface area contributed by atoms with Crippen molar-refractivity contribution in [1.29, 1.82) is 0 Å². The molecule has 5 rings (SSSR count). The Morgan fingerprint density at radius 1 is 0.841 bits per heavy atom.